The first-order valence-corrected chi connectivity index (χ1v) is 7.13. The zero-order chi connectivity index (χ0) is 13.8. The quantitative estimate of drug-likeness (QED) is 0.629. The van der Waals surface area contributed by atoms with Gasteiger partial charge in [-0.1, -0.05) is 37.6 Å². The molecule has 0 aliphatic carbocycles. The van der Waals surface area contributed by atoms with Gasteiger partial charge in [-0.2, -0.15) is 0 Å². The molecule has 2 rings (SSSR count). The van der Waals surface area contributed by atoms with E-state index in [9.17, 15) is 0 Å². The van der Waals surface area contributed by atoms with Gasteiger partial charge in [-0.15, -0.1) is 11.6 Å². The van der Waals surface area contributed by atoms with Crippen molar-refractivity contribution in [1.29, 1.82) is 0 Å². The van der Waals surface area contributed by atoms with Gasteiger partial charge in [0.25, 0.3) is 0 Å². The van der Waals surface area contributed by atoms with Crippen LogP contribution < -0.4 is 4.74 Å². The van der Waals surface area contributed by atoms with E-state index in [1.165, 1.54) is 5.56 Å². The summed E-state index contributed by atoms with van der Waals surface area (Å²) in [5, 5.41) is 0.666. The lowest BCUT2D eigenvalue weighted by Crippen LogP contribution is -1.92. The van der Waals surface area contributed by atoms with Crippen LogP contribution in [0.3, 0.4) is 0 Å². The van der Waals surface area contributed by atoms with Gasteiger partial charge in [0, 0.05) is 10.6 Å². The number of hydrogen-bond donors (Lipinski definition) is 0. The summed E-state index contributed by atoms with van der Waals surface area (Å²) < 4.78 is 5.90. The van der Waals surface area contributed by atoms with Crippen LogP contribution in [0, 0.1) is 0 Å². The van der Waals surface area contributed by atoms with Gasteiger partial charge >= 0.3 is 0 Å². The van der Waals surface area contributed by atoms with E-state index in [1.54, 1.807) is 6.07 Å². The highest BCUT2D eigenvalue weighted by atomic mass is 35.5. The third-order valence-corrected chi connectivity index (χ3v) is 3.44. The number of alkyl halides is 1. The zero-order valence-electron chi connectivity index (χ0n) is 11.0. The van der Waals surface area contributed by atoms with Crippen molar-refractivity contribution in [3.63, 3.8) is 0 Å². The molecule has 1 nitrogen and oxygen atoms in total. The van der Waals surface area contributed by atoms with Crippen LogP contribution in [0.2, 0.25) is 5.02 Å². The summed E-state index contributed by atoms with van der Waals surface area (Å²) in [4.78, 5) is 0. The van der Waals surface area contributed by atoms with Gasteiger partial charge in [0.15, 0.2) is 0 Å². The minimum atomic E-state index is 0.375. The monoisotopic (exact) mass is 294 g/mol. The van der Waals surface area contributed by atoms with E-state index in [1.807, 2.05) is 24.3 Å². The van der Waals surface area contributed by atoms with Crippen molar-refractivity contribution < 1.29 is 4.74 Å². The molecule has 0 bridgehead atoms. The van der Waals surface area contributed by atoms with E-state index in [0.717, 1.165) is 17.1 Å². The second kappa shape index (κ2) is 6.31. The summed E-state index contributed by atoms with van der Waals surface area (Å²) in [5.74, 6) is 2.42. The van der Waals surface area contributed by atoms with Crippen LogP contribution in [0.15, 0.2) is 42.5 Å². The fourth-order valence-electron chi connectivity index (χ4n) is 1.82. The Kier molecular flexibility index (Phi) is 4.73. The Labute approximate surface area is 124 Å². The molecule has 0 atom stereocenters. The summed E-state index contributed by atoms with van der Waals surface area (Å²) in [7, 11) is 0. The molecule has 0 aliphatic rings. The maximum absolute atomic E-state index is 5.95. The highest BCUT2D eigenvalue weighted by Gasteiger charge is 2.06. The van der Waals surface area contributed by atoms with Gasteiger partial charge in [0.1, 0.15) is 11.5 Å². The molecule has 0 radical (unpaired) electrons. The maximum atomic E-state index is 5.95. The summed E-state index contributed by atoms with van der Waals surface area (Å²) in [6.45, 7) is 4.32. The molecule has 100 valence electrons. The van der Waals surface area contributed by atoms with E-state index in [0.29, 0.717) is 16.8 Å². The summed E-state index contributed by atoms with van der Waals surface area (Å²) in [6, 6.07) is 13.6. The molecule has 0 saturated heterocycles. The van der Waals surface area contributed by atoms with Crippen LogP contribution in [0.1, 0.15) is 30.9 Å². The third-order valence-electron chi connectivity index (χ3n) is 2.92. The van der Waals surface area contributed by atoms with Gasteiger partial charge in [-0.25, -0.2) is 0 Å². The second-order valence-electron chi connectivity index (χ2n) is 4.71. The Morgan fingerprint density at radius 2 is 1.89 bits per heavy atom. The summed E-state index contributed by atoms with van der Waals surface area (Å²) >= 11 is 11.9. The fraction of sp³-hybridized carbons (Fsp3) is 0.250. The number of rotatable bonds is 4. The normalized spacial score (nSPS) is 10.8. The Hall–Kier alpha value is -1.18. The number of halogens is 2. The standard InChI is InChI=1S/C16H16Cl2O/c1-11(2)12-4-3-5-15(9-12)19-16-7-6-14(18)8-13(16)10-17/h3-9,11H,10H2,1-2H3. The van der Waals surface area contributed by atoms with Crippen LogP contribution in [-0.2, 0) is 5.88 Å². The predicted molar refractivity (Wildman–Crippen MR) is 81.6 cm³/mol. The second-order valence-corrected chi connectivity index (χ2v) is 5.42. The molecule has 2 aromatic rings. The van der Waals surface area contributed by atoms with E-state index >= 15 is 0 Å². The first-order valence-electron chi connectivity index (χ1n) is 6.22. The van der Waals surface area contributed by atoms with Gasteiger partial charge in [-0.05, 0) is 41.8 Å². The molecular weight excluding hydrogens is 279 g/mol. The Balaban J connectivity index is 2.28. The van der Waals surface area contributed by atoms with Crippen LogP contribution in [0.25, 0.3) is 0 Å². The van der Waals surface area contributed by atoms with E-state index in [4.69, 9.17) is 27.9 Å². The number of ether oxygens (including phenoxy) is 1. The van der Waals surface area contributed by atoms with Gasteiger partial charge in [0.05, 0.1) is 5.88 Å². The lowest BCUT2D eigenvalue weighted by atomic mass is 10.0. The Morgan fingerprint density at radius 3 is 2.58 bits per heavy atom. The van der Waals surface area contributed by atoms with E-state index < -0.39 is 0 Å². The average Bonchev–Trinajstić information content (AvgIpc) is 2.41. The molecule has 3 heteroatoms. The molecule has 0 N–H and O–H groups in total. The average molecular weight is 295 g/mol. The minimum absolute atomic E-state index is 0.375. The molecule has 0 spiro atoms. The SMILES string of the molecule is CC(C)c1cccc(Oc2ccc(Cl)cc2CCl)c1. The molecule has 0 unspecified atom stereocenters. The molecule has 0 aromatic heterocycles. The van der Waals surface area contributed by atoms with Crippen LogP contribution >= 0.6 is 23.2 Å². The largest absolute Gasteiger partial charge is 0.457 e. The summed E-state index contributed by atoms with van der Waals surface area (Å²) in [5.41, 5.74) is 2.14. The minimum Gasteiger partial charge on any atom is -0.457 e. The van der Waals surface area contributed by atoms with Crippen molar-refractivity contribution in [3.8, 4) is 11.5 Å². The van der Waals surface area contributed by atoms with E-state index in [2.05, 4.69) is 26.0 Å². The van der Waals surface area contributed by atoms with Crippen molar-refractivity contribution >= 4 is 23.2 Å². The molecule has 0 fully saturated rings. The first-order chi connectivity index (χ1) is 9.10. The number of benzene rings is 2. The van der Waals surface area contributed by atoms with Gasteiger partial charge < -0.3 is 4.74 Å². The predicted octanol–water partition coefficient (Wildman–Crippen LogP) is 5.99. The van der Waals surface area contributed by atoms with Crippen molar-refractivity contribution in [2.24, 2.45) is 0 Å². The smallest absolute Gasteiger partial charge is 0.131 e. The maximum Gasteiger partial charge on any atom is 0.131 e. The zero-order valence-corrected chi connectivity index (χ0v) is 12.5. The Bertz CT molecular complexity index is 564. The van der Waals surface area contributed by atoms with Crippen molar-refractivity contribution in [3.05, 3.63) is 58.6 Å². The van der Waals surface area contributed by atoms with Crippen LogP contribution in [0.4, 0.5) is 0 Å². The van der Waals surface area contributed by atoms with Crippen molar-refractivity contribution in [2.45, 2.75) is 25.6 Å². The lowest BCUT2D eigenvalue weighted by molar-refractivity contribution is 0.477. The molecule has 0 saturated carbocycles. The lowest BCUT2D eigenvalue weighted by Gasteiger charge is -2.12. The molecule has 19 heavy (non-hydrogen) atoms. The molecule has 0 amide bonds. The molecule has 2 aromatic carbocycles. The fourth-order valence-corrected chi connectivity index (χ4v) is 2.22. The molecule has 0 aliphatic heterocycles. The van der Waals surface area contributed by atoms with Crippen LogP contribution in [0.5, 0.6) is 11.5 Å². The van der Waals surface area contributed by atoms with Gasteiger partial charge in [-0.3, -0.25) is 0 Å². The van der Waals surface area contributed by atoms with E-state index in [-0.39, 0.29) is 0 Å². The van der Waals surface area contributed by atoms with Crippen molar-refractivity contribution in [2.75, 3.05) is 0 Å². The van der Waals surface area contributed by atoms with Gasteiger partial charge in [0.2, 0.25) is 0 Å². The number of hydrogen-bond acceptors (Lipinski definition) is 1. The Morgan fingerprint density at radius 1 is 1.11 bits per heavy atom. The topological polar surface area (TPSA) is 9.23 Å². The summed E-state index contributed by atoms with van der Waals surface area (Å²) in [6.07, 6.45) is 0. The third kappa shape index (κ3) is 3.65. The highest BCUT2D eigenvalue weighted by Crippen LogP contribution is 2.30. The van der Waals surface area contributed by atoms with Crippen LogP contribution in [-0.4, -0.2) is 0 Å². The molecule has 0 heterocycles. The molecular formula is C16H16Cl2O. The van der Waals surface area contributed by atoms with Crippen molar-refractivity contribution in [1.82, 2.24) is 0 Å². The first kappa shape index (κ1) is 14.2. The highest BCUT2D eigenvalue weighted by molar-refractivity contribution is 6.30.